The zero-order chi connectivity index (χ0) is 54.9. The minimum Gasteiger partial charge on any atom is -0.387 e. The van der Waals surface area contributed by atoms with E-state index in [4.69, 9.17) is 9.05 Å². The number of aliphatic hydroxyl groups is 1. The largest absolute Gasteiger partial charge is 0.472 e. The van der Waals surface area contributed by atoms with Crippen LogP contribution in [-0.4, -0.2) is 73.4 Å². The van der Waals surface area contributed by atoms with E-state index in [1.165, 1.54) is 283 Å². The van der Waals surface area contributed by atoms with Crippen LogP contribution in [0, 0.1) is 0 Å². The number of aliphatic hydroxyl groups excluding tert-OH is 1. The molecule has 9 heteroatoms. The summed E-state index contributed by atoms with van der Waals surface area (Å²) >= 11 is 0. The van der Waals surface area contributed by atoms with Gasteiger partial charge in [0.25, 0.3) is 0 Å². The molecular weight excluding hydrogens is 948 g/mol. The number of carbonyl (C=O) groups is 1. The Kier molecular flexibility index (Phi) is 56.9. The van der Waals surface area contributed by atoms with Crippen LogP contribution in [0.1, 0.15) is 341 Å². The average Bonchev–Trinajstić information content (AvgIpc) is 3.37. The predicted octanol–water partition coefficient (Wildman–Crippen LogP) is 20.7. The second-order valence-electron chi connectivity index (χ2n) is 24.2. The first-order chi connectivity index (χ1) is 36.5. The van der Waals surface area contributed by atoms with E-state index in [-0.39, 0.29) is 19.1 Å². The van der Waals surface area contributed by atoms with Crippen molar-refractivity contribution < 1.29 is 32.9 Å². The van der Waals surface area contributed by atoms with Gasteiger partial charge in [-0.15, -0.1) is 0 Å². The summed E-state index contributed by atoms with van der Waals surface area (Å²) < 4.78 is 23.8. The Morgan fingerprint density at radius 2 is 0.733 bits per heavy atom. The van der Waals surface area contributed by atoms with Crippen LogP contribution >= 0.6 is 7.82 Å². The Bertz CT molecular complexity index is 1270. The van der Waals surface area contributed by atoms with E-state index in [0.717, 1.165) is 38.5 Å². The maximum absolute atomic E-state index is 13.0. The number of hydrogen-bond acceptors (Lipinski definition) is 5. The number of nitrogens with zero attached hydrogens (tertiary/aromatic N) is 1. The van der Waals surface area contributed by atoms with Gasteiger partial charge in [-0.05, 0) is 32.1 Å². The van der Waals surface area contributed by atoms with E-state index in [9.17, 15) is 19.4 Å². The molecule has 0 aliphatic carbocycles. The number of quaternary nitrogens is 1. The molecule has 0 saturated heterocycles. The van der Waals surface area contributed by atoms with E-state index in [1.54, 1.807) is 6.08 Å². The number of amides is 1. The normalized spacial score (nSPS) is 13.9. The third-order valence-electron chi connectivity index (χ3n) is 15.4. The van der Waals surface area contributed by atoms with Crippen molar-refractivity contribution in [3.05, 3.63) is 24.3 Å². The molecule has 8 nitrogen and oxygen atoms in total. The molecule has 0 aromatic rings. The molecule has 3 unspecified atom stereocenters. The van der Waals surface area contributed by atoms with Crippen LogP contribution in [0.15, 0.2) is 24.3 Å². The van der Waals surface area contributed by atoms with Gasteiger partial charge in [0.15, 0.2) is 0 Å². The third kappa shape index (κ3) is 60.5. The van der Waals surface area contributed by atoms with Crippen molar-refractivity contribution in [2.75, 3.05) is 40.9 Å². The summed E-state index contributed by atoms with van der Waals surface area (Å²) in [5.74, 6) is -0.178. The van der Waals surface area contributed by atoms with E-state index in [0.29, 0.717) is 17.4 Å². The molecule has 0 bridgehead atoms. The molecular formula is C66H132N2O6P+. The molecule has 0 saturated carbocycles. The van der Waals surface area contributed by atoms with Crippen LogP contribution < -0.4 is 5.32 Å². The Hall–Kier alpha value is -1.02. The highest BCUT2D eigenvalue weighted by Gasteiger charge is 2.28. The summed E-state index contributed by atoms with van der Waals surface area (Å²) in [6, 6.07) is -0.861. The summed E-state index contributed by atoms with van der Waals surface area (Å²) in [7, 11) is 1.57. The van der Waals surface area contributed by atoms with Gasteiger partial charge in [0.2, 0.25) is 5.91 Å². The van der Waals surface area contributed by atoms with Gasteiger partial charge in [0, 0.05) is 6.42 Å². The zero-order valence-corrected chi connectivity index (χ0v) is 52.0. The minimum absolute atomic E-state index is 0.0590. The molecule has 0 aromatic heterocycles. The van der Waals surface area contributed by atoms with Gasteiger partial charge in [0.05, 0.1) is 39.9 Å². The van der Waals surface area contributed by atoms with Crippen molar-refractivity contribution in [3.63, 3.8) is 0 Å². The standard InChI is InChI=1S/C66H131N2O6P/c1-6-8-10-12-14-16-18-20-22-24-26-28-30-32-33-34-35-36-38-40-42-44-46-48-50-52-54-56-58-60-66(70)67-64(63-74-75(71,72)73-62-61-68(3,4)5)65(69)59-57-55-53-51-49-47-45-43-41-39-37-31-29-27-25-23-21-19-17-15-13-11-9-7-2/h49,51,57,59,64-65,69H,6-48,50,52-56,58,60-63H2,1-5H3,(H-,67,70,71,72)/p+1/b51-49+,59-57+. The van der Waals surface area contributed by atoms with Gasteiger partial charge in [-0.25, -0.2) is 4.57 Å². The quantitative estimate of drug-likeness (QED) is 0.0243. The van der Waals surface area contributed by atoms with Crippen LogP contribution in [0.25, 0.3) is 0 Å². The fourth-order valence-electron chi connectivity index (χ4n) is 10.2. The Labute approximate surface area is 468 Å². The highest BCUT2D eigenvalue weighted by molar-refractivity contribution is 7.47. The number of allylic oxidation sites excluding steroid dienone is 3. The maximum atomic E-state index is 13.0. The van der Waals surface area contributed by atoms with Gasteiger partial charge in [0.1, 0.15) is 13.2 Å². The summed E-state index contributed by atoms with van der Waals surface area (Å²) in [5, 5.41) is 14.0. The van der Waals surface area contributed by atoms with E-state index in [1.807, 2.05) is 27.2 Å². The van der Waals surface area contributed by atoms with Crippen LogP contribution in [0.3, 0.4) is 0 Å². The second kappa shape index (κ2) is 57.7. The molecule has 0 rings (SSSR count). The summed E-state index contributed by atoms with van der Waals surface area (Å²) in [4.78, 5) is 23.4. The molecule has 3 atom stereocenters. The maximum Gasteiger partial charge on any atom is 0.472 e. The monoisotopic (exact) mass is 1080 g/mol. The molecule has 0 spiro atoms. The minimum atomic E-state index is -4.36. The molecule has 0 aromatic carbocycles. The SMILES string of the molecule is CCCCCCCCCCCCCCCCCCCC/C=C/CC/C=C/C(O)C(COP(=O)(O)OCC[N+](C)(C)C)NC(=O)CCCCCCCCCCCCCCCCCCCCCCCCCCCCCCC. The van der Waals surface area contributed by atoms with Crippen LogP contribution in [0.4, 0.5) is 0 Å². The zero-order valence-electron chi connectivity index (χ0n) is 51.1. The topological polar surface area (TPSA) is 105 Å². The van der Waals surface area contributed by atoms with Crippen LogP contribution in [0.2, 0.25) is 0 Å². The third-order valence-corrected chi connectivity index (χ3v) is 16.4. The van der Waals surface area contributed by atoms with Gasteiger partial charge >= 0.3 is 7.82 Å². The number of carbonyl (C=O) groups excluding carboxylic acids is 1. The lowest BCUT2D eigenvalue weighted by atomic mass is 10.0. The summed E-state index contributed by atoms with van der Waals surface area (Å²) in [6.45, 7) is 4.86. The molecule has 75 heavy (non-hydrogen) atoms. The second-order valence-corrected chi connectivity index (χ2v) is 25.7. The first-order valence-corrected chi connectivity index (χ1v) is 34.7. The molecule has 0 aliphatic heterocycles. The number of unbranched alkanes of at least 4 members (excludes halogenated alkanes) is 47. The van der Waals surface area contributed by atoms with Crippen molar-refractivity contribution in [1.82, 2.24) is 5.32 Å². The van der Waals surface area contributed by atoms with Crippen molar-refractivity contribution >= 4 is 13.7 Å². The van der Waals surface area contributed by atoms with Crippen LogP contribution in [-0.2, 0) is 18.4 Å². The number of nitrogens with one attached hydrogen (secondary N) is 1. The first kappa shape index (κ1) is 74.0. The van der Waals surface area contributed by atoms with Crippen molar-refractivity contribution in [2.45, 2.75) is 353 Å². The average molecular weight is 1080 g/mol. The van der Waals surface area contributed by atoms with E-state index < -0.39 is 20.0 Å². The number of likely N-dealkylation sites (N-methyl/N-ethyl adjacent to an activating group) is 1. The first-order valence-electron chi connectivity index (χ1n) is 33.2. The highest BCUT2D eigenvalue weighted by atomic mass is 31.2. The van der Waals surface area contributed by atoms with E-state index in [2.05, 4.69) is 31.3 Å². The number of rotatable bonds is 62. The number of phosphoric acid groups is 1. The van der Waals surface area contributed by atoms with Gasteiger partial charge in [-0.1, -0.05) is 327 Å². The lowest BCUT2D eigenvalue weighted by Crippen LogP contribution is -2.45. The molecule has 0 heterocycles. The smallest absolute Gasteiger partial charge is 0.387 e. The fourth-order valence-corrected chi connectivity index (χ4v) is 11.0. The Balaban J connectivity index is 4.10. The molecule has 446 valence electrons. The molecule has 3 N–H and O–H groups in total. The fraction of sp³-hybridized carbons (Fsp3) is 0.924. The van der Waals surface area contributed by atoms with Gasteiger partial charge in [-0.3, -0.25) is 13.8 Å². The molecule has 0 fully saturated rings. The highest BCUT2D eigenvalue weighted by Crippen LogP contribution is 2.43. The predicted molar refractivity (Wildman–Crippen MR) is 328 cm³/mol. The van der Waals surface area contributed by atoms with Gasteiger partial charge in [-0.2, -0.15) is 0 Å². The van der Waals surface area contributed by atoms with E-state index >= 15 is 0 Å². The lowest BCUT2D eigenvalue weighted by Gasteiger charge is -2.25. The summed E-state index contributed by atoms with van der Waals surface area (Å²) in [5.41, 5.74) is 0. The molecule has 1 amide bonds. The number of hydrogen-bond donors (Lipinski definition) is 3. The Morgan fingerprint density at radius 3 is 1.07 bits per heavy atom. The van der Waals surface area contributed by atoms with Crippen molar-refractivity contribution in [3.8, 4) is 0 Å². The van der Waals surface area contributed by atoms with Crippen molar-refractivity contribution in [1.29, 1.82) is 0 Å². The number of phosphoric ester groups is 1. The van der Waals surface area contributed by atoms with Crippen LogP contribution in [0.5, 0.6) is 0 Å². The molecule has 0 radical (unpaired) electrons. The lowest BCUT2D eigenvalue weighted by molar-refractivity contribution is -0.870. The molecule has 0 aliphatic rings. The Morgan fingerprint density at radius 1 is 0.440 bits per heavy atom. The van der Waals surface area contributed by atoms with Crippen molar-refractivity contribution in [2.24, 2.45) is 0 Å². The summed E-state index contributed by atoms with van der Waals surface area (Å²) in [6.07, 6.45) is 74.6. The van der Waals surface area contributed by atoms with Gasteiger partial charge < -0.3 is 19.8 Å².